The first kappa shape index (κ1) is 15.7. The molecular weight excluding hydrogens is 332 g/mol. The number of fused-ring (bicyclic) bond motifs is 1. The number of hydrogen-bond donors (Lipinski definition) is 3. The number of anilines is 2. The predicted octanol–water partition coefficient (Wildman–Crippen LogP) is 4.73. The van der Waals surface area contributed by atoms with Crippen molar-refractivity contribution >= 4 is 44.6 Å². The summed E-state index contributed by atoms with van der Waals surface area (Å²) in [5, 5.41) is 7.77. The van der Waals surface area contributed by atoms with Crippen LogP contribution in [0.25, 0.3) is 21.5 Å². The summed E-state index contributed by atoms with van der Waals surface area (Å²) in [6.07, 6.45) is 2.20. The van der Waals surface area contributed by atoms with Gasteiger partial charge in [-0.05, 0) is 47.6 Å². The molecule has 4 aromatic rings. The molecule has 4 heteroatoms. The molecule has 0 atom stereocenters. The molecule has 0 unspecified atom stereocenters. The van der Waals surface area contributed by atoms with Gasteiger partial charge in [0.15, 0.2) is 5.96 Å². The number of nitrogen functional groups attached to an aromatic ring is 1. The van der Waals surface area contributed by atoms with E-state index in [1.807, 2.05) is 36.4 Å². The zero-order chi connectivity index (χ0) is 18.4. The lowest BCUT2D eigenvalue weighted by atomic mass is 10.0. The highest BCUT2D eigenvalue weighted by Gasteiger charge is 2.15. The molecular formula is C23H20N4. The topological polar surface area (TPSA) is 76.4 Å². The number of hydrogen-bond acceptors (Lipinski definition) is 2. The third kappa shape index (κ3) is 2.57. The Hall–Kier alpha value is -3.53. The largest absolute Gasteiger partial charge is 0.398 e. The molecule has 132 valence electrons. The van der Waals surface area contributed by atoms with Crippen LogP contribution in [-0.2, 0) is 12.8 Å². The first-order valence-corrected chi connectivity index (χ1v) is 9.12. The van der Waals surface area contributed by atoms with Gasteiger partial charge in [-0.25, -0.2) is 4.99 Å². The van der Waals surface area contributed by atoms with Gasteiger partial charge in [-0.15, -0.1) is 0 Å². The number of benzene rings is 4. The molecule has 0 radical (unpaired) electrons. The smallest absolute Gasteiger partial charge is 0.198 e. The zero-order valence-electron chi connectivity index (χ0n) is 14.9. The van der Waals surface area contributed by atoms with E-state index in [2.05, 4.69) is 40.6 Å². The second-order valence-corrected chi connectivity index (χ2v) is 6.95. The molecule has 5 N–H and O–H groups in total. The number of nitrogens with two attached hydrogens (primary N) is 2. The van der Waals surface area contributed by atoms with E-state index >= 15 is 0 Å². The first-order chi connectivity index (χ1) is 13.2. The third-order valence-electron chi connectivity index (χ3n) is 5.32. The summed E-state index contributed by atoms with van der Waals surface area (Å²) in [7, 11) is 0. The average Bonchev–Trinajstić information content (AvgIpc) is 3.11. The normalized spacial score (nSPS) is 13.4. The van der Waals surface area contributed by atoms with Crippen molar-refractivity contribution in [2.45, 2.75) is 12.8 Å². The van der Waals surface area contributed by atoms with Crippen molar-refractivity contribution in [2.75, 3.05) is 11.1 Å². The van der Waals surface area contributed by atoms with E-state index in [0.717, 1.165) is 46.1 Å². The van der Waals surface area contributed by atoms with Crippen LogP contribution in [0.4, 0.5) is 17.1 Å². The van der Waals surface area contributed by atoms with Gasteiger partial charge in [0.2, 0.25) is 0 Å². The van der Waals surface area contributed by atoms with E-state index in [1.54, 1.807) is 0 Å². The zero-order valence-corrected chi connectivity index (χ0v) is 14.9. The third-order valence-corrected chi connectivity index (χ3v) is 5.32. The molecule has 0 saturated carbocycles. The Morgan fingerprint density at radius 2 is 1.52 bits per heavy atom. The molecule has 5 rings (SSSR count). The maximum Gasteiger partial charge on any atom is 0.198 e. The summed E-state index contributed by atoms with van der Waals surface area (Å²) in [5.74, 6) is 0.364. The van der Waals surface area contributed by atoms with Gasteiger partial charge in [-0.3, -0.25) is 0 Å². The monoisotopic (exact) mass is 352 g/mol. The van der Waals surface area contributed by atoms with Crippen LogP contribution in [0.2, 0.25) is 0 Å². The molecule has 4 aromatic carbocycles. The minimum atomic E-state index is 0.364. The number of aryl methyl sites for hydroxylation is 2. The van der Waals surface area contributed by atoms with Gasteiger partial charge in [-0.1, -0.05) is 48.5 Å². The lowest BCUT2D eigenvalue weighted by Gasteiger charge is -2.11. The van der Waals surface area contributed by atoms with Crippen LogP contribution in [-0.4, -0.2) is 5.96 Å². The highest BCUT2D eigenvalue weighted by atomic mass is 15.1. The summed E-state index contributed by atoms with van der Waals surface area (Å²) in [5.41, 5.74) is 17.7. The Morgan fingerprint density at radius 3 is 2.37 bits per heavy atom. The van der Waals surface area contributed by atoms with Gasteiger partial charge < -0.3 is 16.8 Å². The Kier molecular flexibility index (Phi) is 3.50. The highest BCUT2D eigenvalue weighted by Crippen LogP contribution is 2.36. The lowest BCUT2D eigenvalue weighted by Crippen LogP contribution is -2.22. The van der Waals surface area contributed by atoms with Crippen molar-refractivity contribution in [3.63, 3.8) is 0 Å². The van der Waals surface area contributed by atoms with Gasteiger partial charge in [0, 0.05) is 27.5 Å². The van der Waals surface area contributed by atoms with Gasteiger partial charge in [0.25, 0.3) is 0 Å². The summed E-state index contributed by atoms with van der Waals surface area (Å²) < 4.78 is 0. The summed E-state index contributed by atoms with van der Waals surface area (Å²) >= 11 is 0. The maximum atomic E-state index is 6.26. The minimum Gasteiger partial charge on any atom is -0.398 e. The van der Waals surface area contributed by atoms with Gasteiger partial charge >= 0.3 is 0 Å². The molecule has 0 bridgehead atoms. The van der Waals surface area contributed by atoms with Gasteiger partial charge in [0.05, 0.1) is 5.69 Å². The van der Waals surface area contributed by atoms with Crippen molar-refractivity contribution in [3.8, 4) is 0 Å². The van der Waals surface area contributed by atoms with Crippen LogP contribution in [0.15, 0.2) is 71.7 Å². The van der Waals surface area contributed by atoms with Crippen LogP contribution < -0.4 is 16.8 Å². The Bertz CT molecular complexity index is 1210. The highest BCUT2D eigenvalue weighted by molar-refractivity contribution is 6.08. The Morgan fingerprint density at radius 1 is 0.778 bits per heavy atom. The van der Waals surface area contributed by atoms with Gasteiger partial charge in [-0.2, -0.15) is 0 Å². The molecule has 1 aliphatic carbocycles. The average molecular weight is 352 g/mol. The SMILES string of the molecule is NC(=Nc1ccc2c3c(cccc13)CC2)Nc1ccc(N)c2ccccc12. The molecule has 0 aromatic heterocycles. The molecule has 0 aliphatic heterocycles. The van der Waals surface area contributed by atoms with E-state index in [-0.39, 0.29) is 0 Å². The second-order valence-electron chi connectivity index (χ2n) is 6.95. The molecule has 0 saturated heterocycles. The fourth-order valence-electron chi connectivity index (χ4n) is 4.06. The first-order valence-electron chi connectivity index (χ1n) is 9.12. The lowest BCUT2D eigenvalue weighted by molar-refractivity contribution is 1.02. The number of nitrogens with one attached hydrogen (secondary N) is 1. The molecule has 0 amide bonds. The molecule has 0 spiro atoms. The summed E-state index contributed by atoms with van der Waals surface area (Å²) in [4.78, 5) is 4.67. The van der Waals surface area contributed by atoms with E-state index < -0.39 is 0 Å². The van der Waals surface area contributed by atoms with E-state index in [1.165, 1.54) is 16.5 Å². The van der Waals surface area contributed by atoms with Crippen LogP contribution >= 0.6 is 0 Å². The standard InChI is InChI=1S/C23H20N4/c24-19-11-13-20(17-6-2-1-5-16(17)19)26-23(25)27-21-12-10-15-9-8-14-4-3-7-18(21)22(14)15/h1-7,10-13H,8-9,24H2,(H3,25,26,27). The second kappa shape index (κ2) is 6.02. The van der Waals surface area contributed by atoms with Crippen molar-refractivity contribution < 1.29 is 0 Å². The Balaban J connectivity index is 1.56. The summed E-state index contributed by atoms with van der Waals surface area (Å²) in [6, 6.07) is 22.5. The molecule has 1 aliphatic rings. The van der Waals surface area contributed by atoms with Crippen molar-refractivity contribution in [1.82, 2.24) is 0 Å². The number of nitrogens with zero attached hydrogens (tertiary/aromatic N) is 1. The van der Waals surface area contributed by atoms with Crippen LogP contribution in [0.5, 0.6) is 0 Å². The summed E-state index contributed by atoms with van der Waals surface area (Å²) in [6.45, 7) is 0. The van der Waals surface area contributed by atoms with Crippen LogP contribution in [0.3, 0.4) is 0 Å². The number of aliphatic imine (C=N–C) groups is 1. The van der Waals surface area contributed by atoms with Crippen molar-refractivity contribution in [2.24, 2.45) is 10.7 Å². The fourth-order valence-corrected chi connectivity index (χ4v) is 4.06. The quantitative estimate of drug-likeness (QED) is 0.277. The van der Waals surface area contributed by atoms with E-state index in [0.29, 0.717) is 5.96 Å². The van der Waals surface area contributed by atoms with Gasteiger partial charge in [0.1, 0.15) is 0 Å². The van der Waals surface area contributed by atoms with Crippen LogP contribution in [0.1, 0.15) is 11.1 Å². The van der Waals surface area contributed by atoms with Crippen molar-refractivity contribution in [1.29, 1.82) is 0 Å². The molecule has 0 heterocycles. The minimum absolute atomic E-state index is 0.364. The Labute approximate surface area is 157 Å². The molecule has 4 nitrogen and oxygen atoms in total. The molecule has 27 heavy (non-hydrogen) atoms. The van der Waals surface area contributed by atoms with Crippen LogP contribution in [0, 0.1) is 0 Å². The maximum absolute atomic E-state index is 6.26. The van der Waals surface area contributed by atoms with Crippen molar-refractivity contribution in [3.05, 3.63) is 77.9 Å². The fraction of sp³-hybridized carbons (Fsp3) is 0.0870. The molecule has 0 fully saturated rings. The van der Waals surface area contributed by atoms with E-state index in [4.69, 9.17) is 11.5 Å². The number of guanidine groups is 1. The van der Waals surface area contributed by atoms with E-state index in [9.17, 15) is 0 Å². The predicted molar refractivity (Wildman–Crippen MR) is 115 cm³/mol. The number of rotatable bonds is 2.